The highest BCUT2D eigenvalue weighted by Gasteiger charge is 2.22. The SMILES string of the molecule is COCCn1c(SC(C)C(=O)OC)nc2scc(-c3ccc(F)cc3)c2c1=O. The quantitative estimate of drug-likeness (QED) is 0.329. The van der Waals surface area contributed by atoms with Crippen molar-refractivity contribution >= 4 is 39.3 Å². The lowest BCUT2D eigenvalue weighted by molar-refractivity contribution is -0.139. The smallest absolute Gasteiger partial charge is 0.318 e. The fourth-order valence-corrected chi connectivity index (χ4v) is 4.64. The van der Waals surface area contributed by atoms with Gasteiger partial charge in [0.15, 0.2) is 5.16 Å². The third-order valence-corrected chi connectivity index (χ3v) is 6.09. The number of rotatable bonds is 7. The summed E-state index contributed by atoms with van der Waals surface area (Å²) in [5, 5.41) is 2.23. The van der Waals surface area contributed by atoms with E-state index in [-0.39, 0.29) is 11.4 Å². The molecule has 1 aromatic carbocycles. The van der Waals surface area contributed by atoms with E-state index in [0.29, 0.717) is 34.1 Å². The number of thiophene rings is 1. The molecular formula is C19H19FN2O4S2. The van der Waals surface area contributed by atoms with Gasteiger partial charge in [-0.25, -0.2) is 9.37 Å². The Hall–Kier alpha value is -2.23. The molecule has 0 aliphatic carbocycles. The van der Waals surface area contributed by atoms with Crippen molar-refractivity contribution in [1.29, 1.82) is 0 Å². The summed E-state index contributed by atoms with van der Waals surface area (Å²) in [7, 11) is 2.87. The van der Waals surface area contributed by atoms with Crippen molar-refractivity contribution in [2.75, 3.05) is 20.8 Å². The van der Waals surface area contributed by atoms with Crippen LogP contribution in [0.15, 0.2) is 39.6 Å². The van der Waals surface area contributed by atoms with Gasteiger partial charge < -0.3 is 9.47 Å². The number of hydrogen-bond donors (Lipinski definition) is 0. The normalized spacial score (nSPS) is 12.3. The molecule has 0 bridgehead atoms. The van der Waals surface area contributed by atoms with Crippen LogP contribution in [0.3, 0.4) is 0 Å². The van der Waals surface area contributed by atoms with E-state index in [4.69, 9.17) is 9.47 Å². The average Bonchev–Trinajstić information content (AvgIpc) is 3.11. The summed E-state index contributed by atoms with van der Waals surface area (Å²) in [5.41, 5.74) is 1.23. The molecule has 2 aromatic heterocycles. The van der Waals surface area contributed by atoms with E-state index < -0.39 is 11.2 Å². The van der Waals surface area contributed by atoms with Gasteiger partial charge in [-0.15, -0.1) is 11.3 Å². The molecule has 0 fully saturated rings. The first-order chi connectivity index (χ1) is 13.5. The number of nitrogens with zero attached hydrogens (tertiary/aromatic N) is 2. The van der Waals surface area contributed by atoms with Gasteiger partial charge in [-0.3, -0.25) is 14.2 Å². The van der Waals surface area contributed by atoms with E-state index in [1.165, 1.54) is 46.9 Å². The lowest BCUT2D eigenvalue weighted by Crippen LogP contribution is -2.26. The number of methoxy groups -OCH3 is 2. The minimum Gasteiger partial charge on any atom is -0.468 e. The molecular weight excluding hydrogens is 403 g/mol. The Morgan fingerprint density at radius 3 is 2.68 bits per heavy atom. The molecule has 0 aliphatic rings. The maximum atomic E-state index is 13.3. The standard InChI is InChI=1S/C19H19FN2O4S2/c1-11(18(24)26-3)28-19-21-16-15(17(23)22(19)8-9-25-2)14(10-27-16)12-4-6-13(20)7-5-12/h4-7,10-11H,8-9H2,1-3H3. The Bertz CT molecular complexity index is 1050. The van der Waals surface area contributed by atoms with Gasteiger partial charge in [-0.2, -0.15) is 0 Å². The number of carbonyl (C=O) groups is 1. The summed E-state index contributed by atoms with van der Waals surface area (Å²) in [6, 6.07) is 5.99. The van der Waals surface area contributed by atoms with Crippen LogP contribution in [0.1, 0.15) is 6.92 Å². The fraction of sp³-hybridized carbons (Fsp3) is 0.316. The van der Waals surface area contributed by atoms with Crippen LogP contribution in [0.2, 0.25) is 0 Å². The number of fused-ring (bicyclic) bond motifs is 1. The number of aromatic nitrogens is 2. The molecule has 0 saturated carbocycles. The third kappa shape index (κ3) is 4.11. The zero-order chi connectivity index (χ0) is 20.3. The van der Waals surface area contributed by atoms with Gasteiger partial charge in [0.25, 0.3) is 5.56 Å². The molecule has 0 amide bonds. The number of esters is 1. The predicted molar refractivity (Wildman–Crippen MR) is 108 cm³/mol. The highest BCUT2D eigenvalue weighted by atomic mass is 32.2. The lowest BCUT2D eigenvalue weighted by atomic mass is 10.1. The molecule has 6 nitrogen and oxygen atoms in total. The average molecular weight is 423 g/mol. The summed E-state index contributed by atoms with van der Waals surface area (Å²) in [6.07, 6.45) is 0. The summed E-state index contributed by atoms with van der Waals surface area (Å²) in [6.45, 7) is 2.32. The summed E-state index contributed by atoms with van der Waals surface area (Å²) in [4.78, 5) is 30.2. The van der Waals surface area contributed by atoms with E-state index >= 15 is 0 Å². The van der Waals surface area contributed by atoms with Crippen molar-refractivity contribution in [2.24, 2.45) is 0 Å². The molecule has 148 valence electrons. The highest BCUT2D eigenvalue weighted by Crippen LogP contribution is 2.33. The third-order valence-electron chi connectivity index (χ3n) is 4.15. The zero-order valence-corrected chi connectivity index (χ0v) is 17.2. The van der Waals surface area contributed by atoms with Crippen LogP contribution in [0, 0.1) is 5.82 Å². The molecule has 1 atom stereocenters. The van der Waals surface area contributed by atoms with Gasteiger partial charge in [0.05, 0.1) is 25.6 Å². The molecule has 0 spiro atoms. The zero-order valence-electron chi connectivity index (χ0n) is 15.6. The summed E-state index contributed by atoms with van der Waals surface area (Å²) in [5.74, 6) is -0.731. The first kappa shape index (κ1) is 20.5. The van der Waals surface area contributed by atoms with Gasteiger partial charge in [0.1, 0.15) is 15.9 Å². The molecule has 1 unspecified atom stereocenters. The predicted octanol–water partition coefficient (Wildman–Crippen LogP) is 3.56. The van der Waals surface area contributed by atoms with Crippen molar-refractivity contribution in [3.8, 4) is 11.1 Å². The molecule has 0 aliphatic heterocycles. The van der Waals surface area contributed by atoms with Crippen molar-refractivity contribution in [3.63, 3.8) is 0 Å². The topological polar surface area (TPSA) is 70.4 Å². The second-order valence-electron chi connectivity index (χ2n) is 5.96. The minimum atomic E-state index is -0.514. The van der Waals surface area contributed by atoms with E-state index in [2.05, 4.69) is 4.98 Å². The summed E-state index contributed by atoms with van der Waals surface area (Å²) >= 11 is 2.50. The Balaban J connectivity index is 2.14. The number of benzene rings is 1. The number of carbonyl (C=O) groups excluding carboxylic acids is 1. The second-order valence-corrected chi connectivity index (χ2v) is 8.13. The largest absolute Gasteiger partial charge is 0.468 e. The van der Waals surface area contributed by atoms with Crippen LogP contribution in [0.25, 0.3) is 21.3 Å². The number of halogens is 1. The van der Waals surface area contributed by atoms with Crippen LogP contribution in [-0.2, 0) is 20.8 Å². The fourth-order valence-electron chi connectivity index (χ4n) is 2.69. The van der Waals surface area contributed by atoms with Crippen LogP contribution < -0.4 is 5.56 Å². The van der Waals surface area contributed by atoms with Crippen LogP contribution >= 0.6 is 23.1 Å². The molecule has 3 aromatic rings. The molecule has 9 heteroatoms. The Labute approximate surface area is 169 Å². The molecule has 0 saturated heterocycles. The van der Waals surface area contributed by atoms with Crippen molar-refractivity contribution < 1.29 is 18.7 Å². The molecule has 2 heterocycles. The van der Waals surface area contributed by atoms with Gasteiger partial charge in [-0.1, -0.05) is 23.9 Å². The summed E-state index contributed by atoms with van der Waals surface area (Å²) < 4.78 is 24.7. The van der Waals surface area contributed by atoms with Gasteiger partial charge in [0.2, 0.25) is 0 Å². The van der Waals surface area contributed by atoms with Gasteiger partial charge in [-0.05, 0) is 24.6 Å². The monoisotopic (exact) mass is 422 g/mol. The number of thioether (sulfide) groups is 1. The Kier molecular flexibility index (Phi) is 6.48. The second kappa shape index (κ2) is 8.85. The van der Waals surface area contributed by atoms with Crippen LogP contribution in [0.5, 0.6) is 0 Å². The maximum absolute atomic E-state index is 13.3. The van der Waals surface area contributed by atoms with E-state index in [1.807, 2.05) is 5.38 Å². The van der Waals surface area contributed by atoms with E-state index in [9.17, 15) is 14.0 Å². The number of ether oxygens (including phenoxy) is 2. The molecule has 28 heavy (non-hydrogen) atoms. The van der Waals surface area contributed by atoms with Crippen molar-refractivity contribution in [1.82, 2.24) is 9.55 Å². The lowest BCUT2D eigenvalue weighted by Gasteiger charge is -2.14. The molecule has 0 radical (unpaired) electrons. The van der Waals surface area contributed by atoms with E-state index in [0.717, 1.165) is 5.56 Å². The van der Waals surface area contributed by atoms with Crippen molar-refractivity contribution in [2.45, 2.75) is 23.9 Å². The van der Waals surface area contributed by atoms with Crippen LogP contribution in [-0.4, -0.2) is 41.6 Å². The van der Waals surface area contributed by atoms with Crippen molar-refractivity contribution in [3.05, 3.63) is 45.8 Å². The first-order valence-corrected chi connectivity index (χ1v) is 10.2. The highest BCUT2D eigenvalue weighted by molar-refractivity contribution is 8.00. The first-order valence-electron chi connectivity index (χ1n) is 8.47. The van der Waals surface area contributed by atoms with E-state index in [1.54, 1.807) is 26.2 Å². The Morgan fingerprint density at radius 1 is 1.32 bits per heavy atom. The number of hydrogen-bond acceptors (Lipinski definition) is 7. The molecule has 0 N–H and O–H groups in total. The maximum Gasteiger partial charge on any atom is 0.318 e. The molecule has 3 rings (SSSR count). The van der Waals surface area contributed by atoms with Gasteiger partial charge >= 0.3 is 5.97 Å². The van der Waals surface area contributed by atoms with Crippen LogP contribution in [0.4, 0.5) is 4.39 Å². The minimum absolute atomic E-state index is 0.220. The Morgan fingerprint density at radius 2 is 2.04 bits per heavy atom. The van der Waals surface area contributed by atoms with Gasteiger partial charge in [0, 0.05) is 18.1 Å².